The molecule has 29 heavy (non-hydrogen) atoms. The third-order valence-corrected chi connectivity index (χ3v) is 5.57. The van der Waals surface area contributed by atoms with E-state index in [4.69, 9.17) is 5.73 Å². The van der Waals surface area contributed by atoms with Crippen LogP contribution in [-0.2, 0) is 24.7 Å². The van der Waals surface area contributed by atoms with Crippen molar-refractivity contribution in [2.24, 2.45) is 7.05 Å². The molecule has 0 atom stereocenters. The van der Waals surface area contributed by atoms with E-state index < -0.39 is 0 Å². The molecule has 0 bridgehead atoms. The van der Waals surface area contributed by atoms with Crippen molar-refractivity contribution in [1.82, 2.24) is 14.5 Å². The maximum absolute atomic E-state index is 12.8. The van der Waals surface area contributed by atoms with Crippen molar-refractivity contribution in [2.45, 2.75) is 12.8 Å². The van der Waals surface area contributed by atoms with E-state index in [1.807, 2.05) is 65.2 Å². The van der Waals surface area contributed by atoms with Gasteiger partial charge in [-0.2, -0.15) is 0 Å². The standard InChI is InChI=1S/C23H21N5O/c1-27-13-18(21-22(24)25-14-26-23(21)27)16-7-8-19-17(12-16)9-10-28(19)20(29)11-15-5-3-2-4-6-15/h2-8,12-14H,9-11H2,1H3,(H2,24,25,26). The van der Waals surface area contributed by atoms with Gasteiger partial charge >= 0.3 is 0 Å². The number of nitrogen functional groups attached to an aromatic ring is 1. The molecule has 6 nitrogen and oxygen atoms in total. The summed E-state index contributed by atoms with van der Waals surface area (Å²) in [6.07, 6.45) is 4.78. The van der Waals surface area contributed by atoms with Gasteiger partial charge < -0.3 is 15.2 Å². The molecule has 4 aromatic rings. The smallest absolute Gasteiger partial charge is 0.231 e. The number of hydrogen-bond acceptors (Lipinski definition) is 4. The monoisotopic (exact) mass is 383 g/mol. The molecule has 0 aliphatic carbocycles. The molecule has 2 N–H and O–H groups in total. The fraction of sp³-hybridized carbons (Fsp3) is 0.174. The minimum absolute atomic E-state index is 0.130. The van der Waals surface area contributed by atoms with Gasteiger partial charge in [-0.1, -0.05) is 36.4 Å². The number of aryl methyl sites for hydroxylation is 1. The van der Waals surface area contributed by atoms with Crippen molar-refractivity contribution in [3.63, 3.8) is 0 Å². The Kier molecular flexibility index (Phi) is 4.05. The molecule has 2 aromatic carbocycles. The number of aromatic nitrogens is 3. The molecule has 1 aliphatic heterocycles. The molecule has 0 spiro atoms. The Morgan fingerprint density at radius 1 is 1.14 bits per heavy atom. The minimum Gasteiger partial charge on any atom is -0.383 e. The van der Waals surface area contributed by atoms with Crippen molar-refractivity contribution >= 4 is 28.4 Å². The molecule has 0 unspecified atom stereocenters. The fourth-order valence-corrected chi connectivity index (χ4v) is 4.15. The Bertz CT molecular complexity index is 1230. The Balaban J connectivity index is 1.48. The first-order valence-electron chi connectivity index (χ1n) is 9.65. The van der Waals surface area contributed by atoms with Crippen LogP contribution in [0.3, 0.4) is 0 Å². The quantitative estimate of drug-likeness (QED) is 0.589. The van der Waals surface area contributed by atoms with Gasteiger partial charge in [0.15, 0.2) is 0 Å². The highest BCUT2D eigenvalue weighted by Gasteiger charge is 2.25. The number of amides is 1. The Labute approximate surface area is 168 Å². The largest absolute Gasteiger partial charge is 0.383 e. The van der Waals surface area contributed by atoms with E-state index in [2.05, 4.69) is 16.0 Å². The summed E-state index contributed by atoms with van der Waals surface area (Å²) >= 11 is 0. The topological polar surface area (TPSA) is 77.0 Å². The zero-order valence-corrected chi connectivity index (χ0v) is 16.2. The summed E-state index contributed by atoms with van der Waals surface area (Å²) in [5, 5.41) is 0.866. The van der Waals surface area contributed by atoms with E-state index in [1.165, 1.54) is 11.9 Å². The fourth-order valence-electron chi connectivity index (χ4n) is 4.15. The summed E-state index contributed by atoms with van der Waals surface area (Å²) < 4.78 is 1.96. The van der Waals surface area contributed by atoms with Crippen LogP contribution in [0.5, 0.6) is 0 Å². The second-order valence-electron chi connectivity index (χ2n) is 7.41. The maximum Gasteiger partial charge on any atom is 0.231 e. The van der Waals surface area contributed by atoms with Crippen LogP contribution in [0.15, 0.2) is 61.1 Å². The van der Waals surface area contributed by atoms with Gasteiger partial charge in [0, 0.05) is 31.0 Å². The average molecular weight is 383 g/mol. The second kappa shape index (κ2) is 6.74. The van der Waals surface area contributed by atoms with Gasteiger partial charge in [0.2, 0.25) is 5.91 Å². The third kappa shape index (κ3) is 2.93. The average Bonchev–Trinajstić information content (AvgIpc) is 3.30. The highest BCUT2D eigenvalue weighted by molar-refractivity contribution is 6.02. The first-order chi connectivity index (χ1) is 14.1. The molecular formula is C23H21N5O. The number of rotatable bonds is 3. The van der Waals surface area contributed by atoms with Crippen LogP contribution in [0.2, 0.25) is 0 Å². The van der Waals surface area contributed by atoms with Gasteiger partial charge in [0.05, 0.1) is 11.8 Å². The van der Waals surface area contributed by atoms with Gasteiger partial charge in [-0.25, -0.2) is 9.97 Å². The van der Waals surface area contributed by atoms with Crippen LogP contribution in [0.1, 0.15) is 11.1 Å². The molecule has 1 aliphatic rings. The molecule has 0 saturated heterocycles. The van der Waals surface area contributed by atoms with E-state index in [9.17, 15) is 4.79 Å². The molecule has 6 heteroatoms. The van der Waals surface area contributed by atoms with Crippen molar-refractivity contribution in [3.8, 4) is 11.1 Å². The van der Waals surface area contributed by atoms with Crippen LogP contribution in [0, 0.1) is 0 Å². The van der Waals surface area contributed by atoms with Gasteiger partial charge in [0.1, 0.15) is 17.8 Å². The molecule has 3 heterocycles. The van der Waals surface area contributed by atoms with Crippen LogP contribution in [0.25, 0.3) is 22.2 Å². The van der Waals surface area contributed by atoms with Gasteiger partial charge in [-0.15, -0.1) is 0 Å². The molecular weight excluding hydrogens is 362 g/mol. The number of benzene rings is 2. The molecule has 2 aromatic heterocycles. The predicted octanol–water partition coefficient (Wildman–Crippen LogP) is 3.35. The lowest BCUT2D eigenvalue weighted by Crippen LogP contribution is -2.30. The van der Waals surface area contributed by atoms with Gasteiger partial charge in [-0.05, 0) is 35.2 Å². The molecule has 0 fully saturated rings. The molecule has 0 radical (unpaired) electrons. The Morgan fingerprint density at radius 2 is 1.97 bits per heavy atom. The van der Waals surface area contributed by atoms with Crippen molar-refractivity contribution < 1.29 is 4.79 Å². The summed E-state index contributed by atoms with van der Waals surface area (Å²) in [6.45, 7) is 0.714. The number of anilines is 2. The van der Waals surface area contributed by atoms with E-state index in [0.717, 1.165) is 39.8 Å². The maximum atomic E-state index is 12.8. The van der Waals surface area contributed by atoms with Crippen LogP contribution in [-0.4, -0.2) is 27.0 Å². The van der Waals surface area contributed by atoms with Crippen molar-refractivity contribution in [1.29, 1.82) is 0 Å². The SMILES string of the molecule is Cn1cc(-c2ccc3c(c2)CCN3C(=O)Cc2ccccc2)c2c(N)ncnc21. The Morgan fingerprint density at radius 3 is 2.79 bits per heavy atom. The zero-order valence-electron chi connectivity index (χ0n) is 16.2. The summed E-state index contributed by atoms with van der Waals surface area (Å²) in [5.74, 6) is 0.608. The second-order valence-corrected chi connectivity index (χ2v) is 7.41. The first kappa shape index (κ1) is 17.4. The van der Waals surface area contributed by atoms with E-state index >= 15 is 0 Å². The lowest BCUT2D eigenvalue weighted by atomic mass is 10.0. The van der Waals surface area contributed by atoms with Crippen LogP contribution >= 0.6 is 0 Å². The number of hydrogen-bond donors (Lipinski definition) is 1. The van der Waals surface area contributed by atoms with Gasteiger partial charge in [-0.3, -0.25) is 4.79 Å². The van der Waals surface area contributed by atoms with Gasteiger partial charge in [0.25, 0.3) is 0 Å². The number of carbonyl (C=O) groups excluding carboxylic acids is 1. The Hall–Kier alpha value is -3.67. The van der Waals surface area contributed by atoms with E-state index in [1.54, 1.807) is 0 Å². The molecule has 5 rings (SSSR count). The highest BCUT2D eigenvalue weighted by Crippen LogP contribution is 2.36. The number of nitrogens with zero attached hydrogens (tertiary/aromatic N) is 4. The van der Waals surface area contributed by atoms with E-state index in [-0.39, 0.29) is 5.91 Å². The third-order valence-electron chi connectivity index (χ3n) is 5.57. The number of carbonyl (C=O) groups is 1. The number of fused-ring (bicyclic) bond motifs is 2. The lowest BCUT2D eigenvalue weighted by Gasteiger charge is -2.17. The number of nitrogens with two attached hydrogens (primary N) is 1. The minimum atomic E-state index is 0.130. The molecule has 1 amide bonds. The molecule has 0 saturated carbocycles. The lowest BCUT2D eigenvalue weighted by molar-refractivity contribution is -0.117. The zero-order chi connectivity index (χ0) is 20.0. The van der Waals surface area contributed by atoms with Crippen LogP contribution in [0.4, 0.5) is 11.5 Å². The normalized spacial score (nSPS) is 13.1. The predicted molar refractivity (Wildman–Crippen MR) is 115 cm³/mol. The van der Waals surface area contributed by atoms with E-state index in [0.29, 0.717) is 18.8 Å². The highest BCUT2D eigenvalue weighted by atomic mass is 16.2. The van der Waals surface area contributed by atoms with Crippen molar-refractivity contribution in [2.75, 3.05) is 17.2 Å². The summed E-state index contributed by atoms with van der Waals surface area (Å²) in [6, 6.07) is 16.1. The van der Waals surface area contributed by atoms with Crippen LogP contribution < -0.4 is 10.6 Å². The summed E-state index contributed by atoms with van der Waals surface area (Å²) in [4.78, 5) is 23.2. The first-order valence-corrected chi connectivity index (χ1v) is 9.65. The molecule has 144 valence electrons. The summed E-state index contributed by atoms with van der Waals surface area (Å²) in [5.41, 5.74) is 12.2. The summed E-state index contributed by atoms with van der Waals surface area (Å²) in [7, 11) is 1.95. The van der Waals surface area contributed by atoms with Crippen molar-refractivity contribution in [3.05, 3.63) is 72.2 Å².